The van der Waals surface area contributed by atoms with Gasteiger partial charge in [0, 0.05) is 36.4 Å². The molecule has 174 valence electrons. The van der Waals surface area contributed by atoms with Gasteiger partial charge in [0.1, 0.15) is 5.76 Å². The number of hydrogen-bond donors (Lipinski definition) is 2. The summed E-state index contributed by atoms with van der Waals surface area (Å²) in [5.74, 6) is 1.48. The van der Waals surface area contributed by atoms with Gasteiger partial charge in [0.25, 0.3) is 5.91 Å². The number of aryl methyl sites for hydroxylation is 1. The molecule has 2 amide bonds. The Kier molecular flexibility index (Phi) is 6.35. The Labute approximate surface area is 201 Å². The maximum absolute atomic E-state index is 13.3. The molecule has 0 unspecified atom stereocenters. The number of nitrogens with zero attached hydrogens (tertiary/aromatic N) is 3. The number of aromatic nitrogens is 3. The van der Waals surface area contributed by atoms with E-state index in [0.717, 1.165) is 21.8 Å². The lowest BCUT2D eigenvalue weighted by Crippen LogP contribution is -2.41. The Morgan fingerprint density at radius 1 is 1.15 bits per heavy atom. The van der Waals surface area contributed by atoms with E-state index in [4.69, 9.17) is 4.52 Å². The largest absolute Gasteiger partial charge is 0.360 e. The van der Waals surface area contributed by atoms with Gasteiger partial charge in [-0.05, 0) is 43.5 Å². The number of piperidine rings is 1. The molecule has 0 aliphatic carbocycles. The molecule has 1 saturated heterocycles. The molecule has 0 spiro atoms. The van der Waals surface area contributed by atoms with Crippen molar-refractivity contribution in [3.8, 4) is 0 Å². The summed E-state index contributed by atoms with van der Waals surface area (Å²) < 4.78 is 5.00. The Bertz CT molecular complexity index is 1290. The summed E-state index contributed by atoms with van der Waals surface area (Å²) in [6.45, 7) is 2.86. The highest BCUT2D eigenvalue weighted by atomic mass is 32.2. The Morgan fingerprint density at radius 2 is 1.91 bits per heavy atom. The third-order valence-corrected chi connectivity index (χ3v) is 6.93. The summed E-state index contributed by atoms with van der Waals surface area (Å²) >= 11 is 1.58. The van der Waals surface area contributed by atoms with Crippen molar-refractivity contribution in [3.63, 3.8) is 0 Å². The summed E-state index contributed by atoms with van der Waals surface area (Å²) in [7, 11) is 0. The summed E-state index contributed by atoms with van der Waals surface area (Å²) in [5, 5.41) is 7.45. The first-order valence-electron chi connectivity index (χ1n) is 11.3. The highest BCUT2D eigenvalue weighted by Crippen LogP contribution is 2.27. The number of anilines is 1. The van der Waals surface area contributed by atoms with Crippen molar-refractivity contribution in [1.29, 1.82) is 0 Å². The molecular formula is C25H25N5O3S. The molecule has 34 heavy (non-hydrogen) atoms. The number of fused-ring (bicyclic) bond motifs is 1. The van der Waals surface area contributed by atoms with E-state index in [1.807, 2.05) is 53.4 Å². The minimum atomic E-state index is -0.153. The van der Waals surface area contributed by atoms with Crippen LogP contribution in [0.3, 0.4) is 0 Å². The van der Waals surface area contributed by atoms with Crippen molar-refractivity contribution in [1.82, 2.24) is 20.0 Å². The van der Waals surface area contributed by atoms with Crippen LogP contribution < -0.4 is 5.32 Å². The van der Waals surface area contributed by atoms with Gasteiger partial charge in [0.05, 0.1) is 11.0 Å². The van der Waals surface area contributed by atoms with E-state index in [9.17, 15) is 9.59 Å². The van der Waals surface area contributed by atoms with Gasteiger partial charge in [-0.1, -0.05) is 47.3 Å². The molecule has 1 aliphatic rings. The number of likely N-dealkylation sites (tertiary alicyclic amines) is 1. The van der Waals surface area contributed by atoms with Gasteiger partial charge in [-0.15, -0.1) is 0 Å². The minimum absolute atomic E-state index is 0.00629. The Morgan fingerprint density at radius 3 is 2.68 bits per heavy atom. The van der Waals surface area contributed by atoms with Gasteiger partial charge >= 0.3 is 0 Å². The van der Waals surface area contributed by atoms with E-state index in [-0.39, 0.29) is 17.7 Å². The van der Waals surface area contributed by atoms with Crippen molar-refractivity contribution in [2.75, 3.05) is 18.4 Å². The zero-order chi connectivity index (χ0) is 23.5. The van der Waals surface area contributed by atoms with Gasteiger partial charge in [-0.3, -0.25) is 9.59 Å². The third-order valence-electron chi connectivity index (χ3n) is 6.01. The predicted octanol–water partition coefficient (Wildman–Crippen LogP) is 4.64. The molecule has 3 heterocycles. The maximum atomic E-state index is 13.3. The lowest BCUT2D eigenvalue weighted by Gasteiger charge is -2.31. The van der Waals surface area contributed by atoms with Crippen LogP contribution in [-0.4, -0.2) is 44.9 Å². The van der Waals surface area contributed by atoms with E-state index in [2.05, 4.69) is 20.4 Å². The van der Waals surface area contributed by atoms with Crippen LogP contribution in [0.2, 0.25) is 0 Å². The quantitative estimate of drug-likeness (QED) is 0.394. The zero-order valence-corrected chi connectivity index (χ0v) is 19.6. The average molecular weight is 476 g/mol. The van der Waals surface area contributed by atoms with Crippen molar-refractivity contribution >= 4 is 40.4 Å². The number of thioether (sulfide) groups is 1. The van der Waals surface area contributed by atoms with Crippen molar-refractivity contribution in [2.45, 2.75) is 30.7 Å². The molecule has 2 aromatic carbocycles. The number of carbonyl (C=O) groups excluding carboxylic acids is 2. The minimum Gasteiger partial charge on any atom is -0.360 e. The first-order chi connectivity index (χ1) is 16.6. The fourth-order valence-electron chi connectivity index (χ4n) is 4.17. The second-order valence-corrected chi connectivity index (χ2v) is 9.35. The van der Waals surface area contributed by atoms with E-state index in [1.165, 1.54) is 0 Å². The van der Waals surface area contributed by atoms with E-state index < -0.39 is 0 Å². The Hall–Kier alpha value is -3.59. The molecular weight excluding hydrogens is 450 g/mol. The molecule has 4 aromatic rings. The standard InChI is InChI=1S/C25H25N5O3S/c1-16-14-22(29-33-16)28-23(31)17-10-12-30(13-11-17)24(32)19-7-3-2-6-18(19)15-34-25-26-20-8-4-5-9-21(20)27-25/h2-9,14,17H,10-13,15H2,1H3,(H,26,27)(H,28,29,31). The molecule has 5 rings (SSSR count). The number of imidazole rings is 1. The number of benzene rings is 2. The summed E-state index contributed by atoms with van der Waals surface area (Å²) in [6, 6.07) is 17.3. The van der Waals surface area contributed by atoms with Crippen LogP contribution in [0.15, 0.2) is 64.3 Å². The van der Waals surface area contributed by atoms with Crippen LogP contribution >= 0.6 is 11.8 Å². The molecule has 0 radical (unpaired) electrons. The normalized spacial score (nSPS) is 14.4. The van der Waals surface area contributed by atoms with Gasteiger partial charge in [0.15, 0.2) is 11.0 Å². The number of carbonyl (C=O) groups is 2. The van der Waals surface area contributed by atoms with Crippen LogP contribution in [0.5, 0.6) is 0 Å². The Balaban J connectivity index is 1.20. The summed E-state index contributed by atoms with van der Waals surface area (Å²) in [6.07, 6.45) is 1.23. The second-order valence-electron chi connectivity index (χ2n) is 8.38. The van der Waals surface area contributed by atoms with E-state index in [1.54, 1.807) is 24.8 Å². The molecule has 2 aromatic heterocycles. The molecule has 8 nitrogen and oxygen atoms in total. The van der Waals surface area contributed by atoms with Gasteiger partial charge in [0.2, 0.25) is 5.91 Å². The van der Waals surface area contributed by atoms with Crippen LogP contribution in [0, 0.1) is 12.8 Å². The number of H-pyrrole nitrogens is 1. The summed E-state index contributed by atoms with van der Waals surface area (Å²) in [4.78, 5) is 35.6. The number of aromatic amines is 1. The SMILES string of the molecule is Cc1cc(NC(=O)C2CCN(C(=O)c3ccccc3CSc3nc4ccccc4[nH]3)CC2)no1. The topological polar surface area (TPSA) is 104 Å². The van der Waals surface area contributed by atoms with E-state index >= 15 is 0 Å². The number of amides is 2. The lowest BCUT2D eigenvalue weighted by molar-refractivity contribution is -0.121. The van der Waals surface area contributed by atoms with Crippen LogP contribution in [-0.2, 0) is 10.5 Å². The van der Waals surface area contributed by atoms with Crippen LogP contribution in [0.1, 0.15) is 34.5 Å². The fraction of sp³-hybridized carbons (Fsp3) is 0.280. The number of nitrogens with one attached hydrogen (secondary N) is 2. The molecule has 0 saturated carbocycles. The molecule has 9 heteroatoms. The smallest absolute Gasteiger partial charge is 0.254 e. The molecule has 0 atom stereocenters. The molecule has 2 N–H and O–H groups in total. The lowest BCUT2D eigenvalue weighted by atomic mass is 9.95. The van der Waals surface area contributed by atoms with E-state index in [0.29, 0.717) is 48.8 Å². The monoisotopic (exact) mass is 475 g/mol. The van der Waals surface area contributed by atoms with Crippen molar-refractivity contribution < 1.29 is 14.1 Å². The zero-order valence-electron chi connectivity index (χ0n) is 18.8. The number of para-hydroxylation sites is 2. The number of rotatable bonds is 6. The predicted molar refractivity (Wildman–Crippen MR) is 131 cm³/mol. The average Bonchev–Trinajstić information content (AvgIpc) is 3.47. The highest BCUT2D eigenvalue weighted by Gasteiger charge is 2.29. The first kappa shape index (κ1) is 22.2. The van der Waals surface area contributed by atoms with Gasteiger partial charge in [-0.2, -0.15) is 0 Å². The molecule has 0 bridgehead atoms. The van der Waals surface area contributed by atoms with Crippen LogP contribution in [0.4, 0.5) is 5.82 Å². The molecule has 1 aliphatic heterocycles. The number of hydrogen-bond acceptors (Lipinski definition) is 6. The van der Waals surface area contributed by atoms with Gasteiger partial charge < -0.3 is 19.7 Å². The van der Waals surface area contributed by atoms with Crippen molar-refractivity contribution in [3.05, 3.63) is 71.5 Å². The fourth-order valence-corrected chi connectivity index (χ4v) is 5.06. The highest BCUT2D eigenvalue weighted by molar-refractivity contribution is 7.98. The third kappa shape index (κ3) is 4.84. The second kappa shape index (κ2) is 9.72. The van der Waals surface area contributed by atoms with Gasteiger partial charge in [-0.25, -0.2) is 4.98 Å². The molecule has 1 fully saturated rings. The summed E-state index contributed by atoms with van der Waals surface area (Å²) in [5.41, 5.74) is 3.60. The maximum Gasteiger partial charge on any atom is 0.254 e. The first-order valence-corrected chi connectivity index (χ1v) is 12.2. The van der Waals surface area contributed by atoms with Crippen LogP contribution in [0.25, 0.3) is 11.0 Å². The van der Waals surface area contributed by atoms with Crippen molar-refractivity contribution in [2.24, 2.45) is 5.92 Å².